The van der Waals surface area contributed by atoms with Gasteiger partial charge in [-0.2, -0.15) is 0 Å². The standard InChI is InChI=1S/C12H13N3O2/c1-12-7-6-10(16)14-15(12)11(17)8-4-2-3-5-9(8)13-12/h2-5,13H,6-7H2,1H3,(H,14,16). The lowest BCUT2D eigenvalue weighted by atomic mass is 9.96. The quantitative estimate of drug-likeness (QED) is 0.702. The third kappa shape index (κ3) is 1.39. The highest BCUT2D eigenvalue weighted by Gasteiger charge is 2.44. The van der Waals surface area contributed by atoms with Crippen molar-refractivity contribution in [3.63, 3.8) is 0 Å². The Hall–Kier alpha value is -2.04. The van der Waals surface area contributed by atoms with E-state index in [9.17, 15) is 9.59 Å². The molecule has 17 heavy (non-hydrogen) atoms. The summed E-state index contributed by atoms with van der Waals surface area (Å²) in [6.45, 7) is 1.92. The van der Waals surface area contributed by atoms with Gasteiger partial charge in [0.1, 0.15) is 5.66 Å². The van der Waals surface area contributed by atoms with Crippen LogP contribution in [0, 0.1) is 0 Å². The van der Waals surface area contributed by atoms with E-state index in [2.05, 4.69) is 10.7 Å². The Labute approximate surface area is 98.8 Å². The monoisotopic (exact) mass is 231 g/mol. The number of para-hydroxylation sites is 1. The van der Waals surface area contributed by atoms with E-state index >= 15 is 0 Å². The van der Waals surface area contributed by atoms with Gasteiger partial charge in [0.05, 0.1) is 5.56 Å². The van der Waals surface area contributed by atoms with Gasteiger partial charge in [0, 0.05) is 12.1 Å². The molecule has 1 aromatic rings. The molecule has 0 saturated carbocycles. The fraction of sp³-hybridized carbons (Fsp3) is 0.333. The van der Waals surface area contributed by atoms with Crippen LogP contribution >= 0.6 is 0 Å². The van der Waals surface area contributed by atoms with E-state index in [1.54, 1.807) is 6.07 Å². The van der Waals surface area contributed by atoms with E-state index in [-0.39, 0.29) is 11.8 Å². The van der Waals surface area contributed by atoms with Crippen molar-refractivity contribution in [2.75, 3.05) is 5.32 Å². The van der Waals surface area contributed by atoms with Crippen LogP contribution in [0.5, 0.6) is 0 Å². The fourth-order valence-electron chi connectivity index (χ4n) is 2.36. The molecule has 0 radical (unpaired) electrons. The molecule has 2 amide bonds. The van der Waals surface area contributed by atoms with Crippen LogP contribution in [0.1, 0.15) is 30.1 Å². The number of carbonyl (C=O) groups excluding carboxylic acids is 2. The number of hydrogen-bond acceptors (Lipinski definition) is 3. The van der Waals surface area contributed by atoms with Crippen molar-refractivity contribution in [3.05, 3.63) is 29.8 Å². The predicted octanol–water partition coefficient (Wildman–Crippen LogP) is 1.10. The molecule has 2 aliphatic heterocycles. The van der Waals surface area contributed by atoms with Crippen LogP contribution in [0.4, 0.5) is 5.69 Å². The first-order valence-corrected chi connectivity index (χ1v) is 5.61. The molecule has 1 unspecified atom stereocenters. The Balaban J connectivity index is 2.08. The van der Waals surface area contributed by atoms with Crippen molar-refractivity contribution in [3.8, 4) is 0 Å². The first-order valence-electron chi connectivity index (χ1n) is 5.61. The van der Waals surface area contributed by atoms with E-state index in [1.807, 2.05) is 25.1 Å². The molecule has 0 bridgehead atoms. The van der Waals surface area contributed by atoms with Gasteiger partial charge in [-0.15, -0.1) is 0 Å². The first-order chi connectivity index (χ1) is 8.10. The second-order valence-electron chi connectivity index (χ2n) is 4.62. The molecular formula is C12H13N3O2. The maximum atomic E-state index is 12.3. The second-order valence-corrected chi connectivity index (χ2v) is 4.62. The molecule has 0 spiro atoms. The molecule has 2 aliphatic rings. The molecule has 5 nitrogen and oxygen atoms in total. The second kappa shape index (κ2) is 3.23. The van der Waals surface area contributed by atoms with Gasteiger partial charge in [-0.3, -0.25) is 15.0 Å². The largest absolute Gasteiger partial charge is 0.361 e. The molecule has 1 fully saturated rings. The van der Waals surface area contributed by atoms with E-state index in [1.165, 1.54) is 5.01 Å². The number of hydrazine groups is 1. The lowest BCUT2D eigenvalue weighted by Crippen LogP contribution is -2.67. The van der Waals surface area contributed by atoms with E-state index in [4.69, 9.17) is 0 Å². The number of amides is 2. The van der Waals surface area contributed by atoms with E-state index in [0.29, 0.717) is 18.4 Å². The third-order valence-electron chi connectivity index (χ3n) is 3.33. The molecule has 88 valence electrons. The van der Waals surface area contributed by atoms with Crippen molar-refractivity contribution >= 4 is 17.5 Å². The van der Waals surface area contributed by atoms with Crippen molar-refractivity contribution < 1.29 is 9.59 Å². The van der Waals surface area contributed by atoms with Crippen LogP contribution < -0.4 is 10.7 Å². The third-order valence-corrected chi connectivity index (χ3v) is 3.33. The maximum Gasteiger partial charge on any atom is 0.276 e. The number of fused-ring (bicyclic) bond motifs is 2. The summed E-state index contributed by atoms with van der Waals surface area (Å²) in [5.74, 6) is -0.271. The SMILES string of the molecule is CC12CCC(=O)NN1C(=O)c1ccccc1N2. The maximum absolute atomic E-state index is 12.3. The zero-order valence-corrected chi connectivity index (χ0v) is 9.49. The van der Waals surface area contributed by atoms with Gasteiger partial charge in [0.2, 0.25) is 5.91 Å². The zero-order chi connectivity index (χ0) is 12.0. The fourth-order valence-corrected chi connectivity index (χ4v) is 2.36. The van der Waals surface area contributed by atoms with Crippen LogP contribution in [0.15, 0.2) is 24.3 Å². The zero-order valence-electron chi connectivity index (χ0n) is 9.49. The Morgan fingerprint density at radius 3 is 2.88 bits per heavy atom. The summed E-state index contributed by atoms with van der Waals surface area (Å²) >= 11 is 0. The number of benzene rings is 1. The summed E-state index contributed by atoms with van der Waals surface area (Å²) in [6.07, 6.45) is 1.04. The number of nitrogens with one attached hydrogen (secondary N) is 2. The first kappa shape index (κ1) is 10.1. The van der Waals surface area contributed by atoms with E-state index < -0.39 is 5.66 Å². The van der Waals surface area contributed by atoms with Gasteiger partial charge in [-0.05, 0) is 25.5 Å². The Morgan fingerprint density at radius 1 is 1.29 bits per heavy atom. The number of hydrogen-bond donors (Lipinski definition) is 2. The van der Waals surface area contributed by atoms with Crippen LogP contribution in [0.2, 0.25) is 0 Å². The van der Waals surface area contributed by atoms with Crippen LogP contribution in [0.25, 0.3) is 0 Å². The minimum Gasteiger partial charge on any atom is -0.361 e. The predicted molar refractivity (Wildman–Crippen MR) is 62.0 cm³/mol. The van der Waals surface area contributed by atoms with Crippen molar-refractivity contribution in [2.24, 2.45) is 0 Å². The minimum absolute atomic E-state index is 0.114. The summed E-state index contributed by atoms with van der Waals surface area (Å²) < 4.78 is 0. The summed E-state index contributed by atoms with van der Waals surface area (Å²) in [5.41, 5.74) is 3.52. The minimum atomic E-state index is -0.528. The topological polar surface area (TPSA) is 61.4 Å². The molecule has 1 aromatic carbocycles. The average molecular weight is 231 g/mol. The van der Waals surface area contributed by atoms with Gasteiger partial charge < -0.3 is 5.32 Å². The van der Waals surface area contributed by atoms with Crippen molar-refractivity contribution in [2.45, 2.75) is 25.4 Å². The molecule has 2 heterocycles. The Morgan fingerprint density at radius 2 is 2.06 bits per heavy atom. The van der Waals surface area contributed by atoms with Crippen LogP contribution in [-0.4, -0.2) is 22.5 Å². The highest BCUT2D eigenvalue weighted by molar-refractivity contribution is 6.03. The number of nitrogens with zero attached hydrogens (tertiary/aromatic N) is 1. The van der Waals surface area contributed by atoms with Gasteiger partial charge >= 0.3 is 0 Å². The summed E-state index contributed by atoms with van der Waals surface area (Å²) in [6, 6.07) is 7.34. The van der Waals surface area contributed by atoms with Gasteiger partial charge in [0.15, 0.2) is 0 Å². The number of rotatable bonds is 0. The van der Waals surface area contributed by atoms with Gasteiger partial charge in [-0.25, -0.2) is 5.01 Å². The Bertz CT molecular complexity index is 514. The molecule has 5 heteroatoms. The molecule has 1 saturated heterocycles. The molecule has 0 aliphatic carbocycles. The highest BCUT2D eigenvalue weighted by Crippen LogP contribution is 2.34. The van der Waals surface area contributed by atoms with Gasteiger partial charge in [-0.1, -0.05) is 12.1 Å². The van der Waals surface area contributed by atoms with Crippen molar-refractivity contribution in [1.82, 2.24) is 10.4 Å². The lowest BCUT2D eigenvalue weighted by molar-refractivity contribution is -0.131. The molecular weight excluding hydrogens is 218 g/mol. The summed E-state index contributed by atoms with van der Waals surface area (Å²) in [5, 5.41) is 4.72. The van der Waals surface area contributed by atoms with Gasteiger partial charge in [0.25, 0.3) is 5.91 Å². The number of carbonyl (C=O) groups is 2. The highest BCUT2D eigenvalue weighted by atomic mass is 16.2. The molecule has 0 aromatic heterocycles. The lowest BCUT2D eigenvalue weighted by Gasteiger charge is -2.48. The molecule has 1 atom stereocenters. The average Bonchev–Trinajstić information content (AvgIpc) is 2.32. The smallest absolute Gasteiger partial charge is 0.276 e. The van der Waals surface area contributed by atoms with Crippen LogP contribution in [0.3, 0.4) is 0 Å². The summed E-state index contributed by atoms with van der Waals surface area (Å²) in [7, 11) is 0. The van der Waals surface area contributed by atoms with E-state index in [0.717, 1.165) is 5.69 Å². The Kier molecular flexibility index (Phi) is 1.92. The van der Waals surface area contributed by atoms with Crippen LogP contribution in [-0.2, 0) is 4.79 Å². The number of anilines is 1. The van der Waals surface area contributed by atoms with Crippen molar-refractivity contribution in [1.29, 1.82) is 0 Å². The molecule has 2 N–H and O–H groups in total. The summed E-state index contributed by atoms with van der Waals surface area (Å²) in [4.78, 5) is 23.7. The molecule has 3 rings (SSSR count). The normalized spacial score (nSPS) is 26.8.